The van der Waals surface area contributed by atoms with Crippen LogP contribution in [0.4, 0.5) is 0 Å². The Morgan fingerprint density at radius 3 is 3.11 bits per heavy atom. The average molecular weight is 279 g/mol. The Morgan fingerprint density at radius 1 is 1.58 bits per heavy atom. The SMILES string of the molecule is N#CCC(=O)N[C@@H]1C(=O)N2C3=C(COC3=O)CS[C@H]12. The number of nitrogens with one attached hydrogen (secondary N) is 1. The molecule has 0 radical (unpaired) electrons. The minimum absolute atomic E-state index is 0.239. The number of cyclic esters (lactones) is 1. The molecule has 98 valence electrons. The Balaban J connectivity index is 1.76. The maximum Gasteiger partial charge on any atom is 0.355 e. The molecule has 3 aliphatic heterocycles. The molecule has 7 nitrogen and oxygen atoms in total. The van der Waals surface area contributed by atoms with Crippen molar-refractivity contribution in [1.29, 1.82) is 5.26 Å². The number of carbonyl (C=O) groups is 3. The number of amides is 2. The van der Waals surface area contributed by atoms with E-state index in [2.05, 4.69) is 5.32 Å². The third-order valence-corrected chi connectivity index (χ3v) is 4.51. The molecule has 1 N–H and O–H groups in total. The van der Waals surface area contributed by atoms with Gasteiger partial charge in [0.2, 0.25) is 5.91 Å². The van der Waals surface area contributed by atoms with Crippen LogP contribution in [0.2, 0.25) is 0 Å². The Kier molecular flexibility index (Phi) is 2.71. The van der Waals surface area contributed by atoms with Crippen molar-refractivity contribution in [2.45, 2.75) is 17.8 Å². The zero-order chi connectivity index (χ0) is 13.6. The number of rotatable bonds is 2. The molecule has 1 saturated heterocycles. The largest absolute Gasteiger partial charge is 0.456 e. The summed E-state index contributed by atoms with van der Waals surface area (Å²) in [7, 11) is 0. The number of β-lactam (4-membered cyclic amide) rings is 1. The van der Waals surface area contributed by atoms with E-state index in [1.54, 1.807) is 6.07 Å². The fourth-order valence-electron chi connectivity index (χ4n) is 2.30. The highest BCUT2D eigenvalue weighted by Gasteiger charge is 2.55. The highest BCUT2D eigenvalue weighted by Crippen LogP contribution is 2.42. The predicted octanol–water partition coefficient (Wildman–Crippen LogP) is -0.889. The normalized spacial score (nSPS) is 28.1. The van der Waals surface area contributed by atoms with Gasteiger partial charge in [0.25, 0.3) is 5.91 Å². The Bertz CT molecular complexity index is 565. The third-order valence-electron chi connectivity index (χ3n) is 3.17. The van der Waals surface area contributed by atoms with Gasteiger partial charge < -0.3 is 10.1 Å². The van der Waals surface area contributed by atoms with E-state index in [-0.39, 0.29) is 24.3 Å². The first-order valence-corrected chi connectivity index (χ1v) is 6.68. The third kappa shape index (κ3) is 1.69. The minimum atomic E-state index is -0.659. The van der Waals surface area contributed by atoms with Gasteiger partial charge in [-0.2, -0.15) is 5.26 Å². The van der Waals surface area contributed by atoms with Gasteiger partial charge in [-0.25, -0.2) is 4.79 Å². The topological polar surface area (TPSA) is 99.5 Å². The molecule has 0 unspecified atom stereocenters. The van der Waals surface area contributed by atoms with Crippen LogP contribution in [0.15, 0.2) is 11.3 Å². The van der Waals surface area contributed by atoms with Gasteiger partial charge in [-0.15, -0.1) is 11.8 Å². The monoisotopic (exact) mass is 279 g/mol. The molecule has 0 aliphatic carbocycles. The van der Waals surface area contributed by atoms with Crippen molar-refractivity contribution >= 4 is 29.5 Å². The summed E-state index contributed by atoms with van der Waals surface area (Å²) >= 11 is 1.48. The zero-order valence-electron chi connectivity index (χ0n) is 9.71. The molecule has 0 aromatic heterocycles. The van der Waals surface area contributed by atoms with Crippen LogP contribution in [0.25, 0.3) is 0 Å². The molecule has 3 rings (SSSR count). The number of hydrogen-bond acceptors (Lipinski definition) is 6. The standard InChI is InChI=1S/C11H9N3O4S/c12-2-1-6(15)13-7-9(16)14-8-5(3-18-11(8)17)4-19-10(7)14/h7,10H,1,3-4H2,(H,13,15)/t7-,10-/m1/s1. The number of carbonyl (C=O) groups excluding carboxylic acids is 3. The molecule has 0 aromatic rings. The van der Waals surface area contributed by atoms with Gasteiger partial charge in [-0.1, -0.05) is 0 Å². The van der Waals surface area contributed by atoms with E-state index < -0.39 is 17.9 Å². The maximum absolute atomic E-state index is 12.0. The number of thioether (sulfide) groups is 1. The average Bonchev–Trinajstić information content (AvgIpc) is 2.76. The number of hydrogen-bond donors (Lipinski definition) is 1. The second kappa shape index (κ2) is 4.28. The van der Waals surface area contributed by atoms with E-state index in [1.165, 1.54) is 16.7 Å². The van der Waals surface area contributed by atoms with Crippen LogP contribution >= 0.6 is 11.8 Å². The first-order valence-electron chi connectivity index (χ1n) is 5.63. The van der Waals surface area contributed by atoms with Crippen molar-refractivity contribution < 1.29 is 19.1 Å². The van der Waals surface area contributed by atoms with Crippen molar-refractivity contribution in [3.63, 3.8) is 0 Å². The molecule has 3 aliphatic rings. The van der Waals surface area contributed by atoms with Crippen LogP contribution in [-0.2, 0) is 19.1 Å². The lowest BCUT2D eigenvalue weighted by Crippen LogP contribution is -2.70. The molecule has 0 saturated carbocycles. The Morgan fingerprint density at radius 2 is 2.37 bits per heavy atom. The predicted molar refractivity (Wildman–Crippen MR) is 63.2 cm³/mol. The minimum Gasteiger partial charge on any atom is -0.456 e. The van der Waals surface area contributed by atoms with E-state index in [4.69, 9.17) is 10.00 Å². The Hall–Kier alpha value is -2.01. The van der Waals surface area contributed by atoms with Crippen LogP contribution in [-0.4, -0.2) is 46.5 Å². The number of fused-ring (bicyclic) bond motifs is 2. The van der Waals surface area contributed by atoms with Crippen molar-refractivity contribution in [3.8, 4) is 6.07 Å². The Labute approximate surface area is 112 Å². The summed E-state index contributed by atoms with van der Waals surface area (Å²) in [5, 5.41) is 10.7. The molecule has 2 atom stereocenters. The fourth-order valence-corrected chi connectivity index (χ4v) is 3.63. The number of esters is 1. The molecule has 8 heteroatoms. The summed E-state index contributed by atoms with van der Waals surface area (Å²) < 4.78 is 4.91. The second-order valence-electron chi connectivity index (χ2n) is 4.32. The van der Waals surface area contributed by atoms with Crippen molar-refractivity contribution in [2.24, 2.45) is 0 Å². The lowest BCUT2D eigenvalue weighted by molar-refractivity contribution is -0.150. The quantitative estimate of drug-likeness (QED) is 0.520. The summed E-state index contributed by atoms with van der Waals surface area (Å²) in [5.74, 6) is -0.666. The molecule has 2 amide bonds. The van der Waals surface area contributed by atoms with Crippen molar-refractivity contribution in [2.75, 3.05) is 12.4 Å². The van der Waals surface area contributed by atoms with Gasteiger partial charge in [-0.3, -0.25) is 14.5 Å². The number of nitriles is 1. The smallest absolute Gasteiger partial charge is 0.355 e. The molecule has 0 spiro atoms. The van der Waals surface area contributed by atoms with Gasteiger partial charge >= 0.3 is 5.97 Å². The molecule has 1 fully saturated rings. The van der Waals surface area contributed by atoms with Crippen molar-refractivity contribution in [1.82, 2.24) is 10.2 Å². The molecular formula is C11H9N3O4S. The summed E-state index contributed by atoms with van der Waals surface area (Å²) in [4.78, 5) is 36.3. The highest BCUT2D eigenvalue weighted by atomic mass is 32.2. The van der Waals surface area contributed by atoms with Gasteiger partial charge in [-0.05, 0) is 0 Å². The summed E-state index contributed by atoms with van der Waals surface area (Å²) in [6, 6.07) is 1.07. The lowest BCUT2D eigenvalue weighted by atomic mass is 10.0. The van der Waals surface area contributed by atoms with Crippen LogP contribution in [0, 0.1) is 11.3 Å². The van der Waals surface area contributed by atoms with Crippen LogP contribution < -0.4 is 5.32 Å². The lowest BCUT2D eigenvalue weighted by Gasteiger charge is -2.48. The molecular weight excluding hydrogens is 270 g/mol. The summed E-state index contributed by atoms with van der Waals surface area (Å²) in [6.07, 6.45) is -0.281. The first kappa shape index (κ1) is 12.0. The van der Waals surface area contributed by atoms with E-state index in [0.29, 0.717) is 11.4 Å². The van der Waals surface area contributed by atoms with Gasteiger partial charge in [0.05, 0.1) is 6.07 Å². The van der Waals surface area contributed by atoms with Gasteiger partial charge in [0, 0.05) is 11.3 Å². The van der Waals surface area contributed by atoms with Crippen LogP contribution in [0.3, 0.4) is 0 Å². The van der Waals surface area contributed by atoms with E-state index in [9.17, 15) is 14.4 Å². The van der Waals surface area contributed by atoms with Gasteiger partial charge in [0.15, 0.2) is 0 Å². The molecule has 3 heterocycles. The molecule has 19 heavy (non-hydrogen) atoms. The number of nitrogens with zero attached hydrogens (tertiary/aromatic N) is 2. The molecule has 0 aromatic carbocycles. The van der Waals surface area contributed by atoms with E-state index in [0.717, 1.165) is 5.57 Å². The van der Waals surface area contributed by atoms with Crippen LogP contribution in [0.1, 0.15) is 6.42 Å². The van der Waals surface area contributed by atoms with Gasteiger partial charge in [0.1, 0.15) is 30.1 Å². The molecule has 0 bridgehead atoms. The van der Waals surface area contributed by atoms with Crippen LogP contribution in [0.5, 0.6) is 0 Å². The van der Waals surface area contributed by atoms with Crippen molar-refractivity contribution in [3.05, 3.63) is 11.3 Å². The fraction of sp³-hybridized carbons (Fsp3) is 0.455. The summed E-state index contributed by atoms with van der Waals surface area (Å²) in [5.41, 5.74) is 1.15. The first-order chi connectivity index (χ1) is 9.13. The zero-order valence-corrected chi connectivity index (χ0v) is 10.5. The van der Waals surface area contributed by atoms with E-state index in [1.807, 2.05) is 0 Å². The number of ether oxygens (including phenoxy) is 1. The highest BCUT2D eigenvalue weighted by molar-refractivity contribution is 8.00. The van der Waals surface area contributed by atoms with E-state index >= 15 is 0 Å². The second-order valence-corrected chi connectivity index (χ2v) is 5.42. The summed E-state index contributed by atoms with van der Waals surface area (Å²) in [6.45, 7) is 0.239. The maximum atomic E-state index is 12.0.